The molecule has 3 unspecified atom stereocenters. The first-order valence-electron chi connectivity index (χ1n) is 6.48. The molecule has 1 fully saturated rings. The molecule has 0 amide bonds. The summed E-state index contributed by atoms with van der Waals surface area (Å²) in [7, 11) is 0. The molecule has 1 aromatic carbocycles. The van der Waals surface area contributed by atoms with Crippen molar-refractivity contribution in [3.05, 3.63) is 29.8 Å². The lowest BCUT2D eigenvalue weighted by Crippen LogP contribution is -2.33. The summed E-state index contributed by atoms with van der Waals surface area (Å²) in [5, 5.41) is 3.70. The van der Waals surface area contributed by atoms with Gasteiger partial charge in [0.2, 0.25) is 0 Å². The molecule has 1 heteroatoms. The van der Waals surface area contributed by atoms with E-state index >= 15 is 0 Å². The van der Waals surface area contributed by atoms with E-state index in [1.54, 1.807) is 0 Å². The number of benzene rings is 1. The lowest BCUT2D eigenvalue weighted by molar-refractivity contribution is 0.281. The van der Waals surface area contributed by atoms with Gasteiger partial charge in [0.25, 0.3) is 0 Å². The molecule has 0 spiro atoms. The van der Waals surface area contributed by atoms with E-state index < -0.39 is 0 Å². The first-order chi connectivity index (χ1) is 7.65. The summed E-state index contributed by atoms with van der Waals surface area (Å²) < 4.78 is 0. The summed E-state index contributed by atoms with van der Waals surface area (Å²) in [4.78, 5) is 0. The predicted molar refractivity (Wildman–Crippen MR) is 70.8 cm³/mol. The van der Waals surface area contributed by atoms with Crippen molar-refractivity contribution in [1.29, 1.82) is 0 Å². The third-order valence-electron chi connectivity index (χ3n) is 3.83. The fourth-order valence-corrected chi connectivity index (χ4v) is 2.68. The molecule has 1 nitrogen and oxygen atoms in total. The van der Waals surface area contributed by atoms with Gasteiger partial charge in [-0.1, -0.05) is 32.4 Å². The monoisotopic (exact) mass is 217 g/mol. The quantitative estimate of drug-likeness (QED) is 0.781. The third-order valence-corrected chi connectivity index (χ3v) is 3.83. The average molecular weight is 217 g/mol. The minimum absolute atomic E-state index is 0.658. The maximum absolute atomic E-state index is 3.70. The zero-order chi connectivity index (χ0) is 11.5. The van der Waals surface area contributed by atoms with Crippen LogP contribution in [0.25, 0.3) is 0 Å². The molecule has 2 rings (SSSR count). The van der Waals surface area contributed by atoms with Gasteiger partial charge in [-0.3, -0.25) is 0 Å². The van der Waals surface area contributed by atoms with Crippen LogP contribution in [0.2, 0.25) is 0 Å². The van der Waals surface area contributed by atoms with E-state index in [0.717, 1.165) is 11.8 Å². The fourth-order valence-electron chi connectivity index (χ4n) is 2.68. The SMILES string of the molecule is Cc1cccc(NC2CC(C)CCC2C)c1. The van der Waals surface area contributed by atoms with Crippen molar-refractivity contribution in [1.82, 2.24) is 0 Å². The molecule has 0 radical (unpaired) electrons. The molecular formula is C15H23N. The van der Waals surface area contributed by atoms with Crippen molar-refractivity contribution in [3.63, 3.8) is 0 Å². The summed E-state index contributed by atoms with van der Waals surface area (Å²) in [6.07, 6.45) is 4.08. The minimum Gasteiger partial charge on any atom is -0.382 e. The maximum Gasteiger partial charge on any atom is 0.0345 e. The van der Waals surface area contributed by atoms with Crippen molar-refractivity contribution in [2.24, 2.45) is 11.8 Å². The van der Waals surface area contributed by atoms with E-state index in [1.165, 1.54) is 30.5 Å². The van der Waals surface area contributed by atoms with Crippen LogP contribution in [-0.2, 0) is 0 Å². The Morgan fingerprint density at radius 1 is 1.19 bits per heavy atom. The normalized spacial score (nSPS) is 30.1. The van der Waals surface area contributed by atoms with Crippen molar-refractivity contribution >= 4 is 5.69 Å². The van der Waals surface area contributed by atoms with Gasteiger partial charge < -0.3 is 5.32 Å². The van der Waals surface area contributed by atoms with E-state index in [-0.39, 0.29) is 0 Å². The van der Waals surface area contributed by atoms with Crippen LogP contribution in [0.4, 0.5) is 5.69 Å². The van der Waals surface area contributed by atoms with Gasteiger partial charge in [-0.25, -0.2) is 0 Å². The molecule has 0 heterocycles. The van der Waals surface area contributed by atoms with Crippen molar-refractivity contribution < 1.29 is 0 Å². The van der Waals surface area contributed by atoms with Crippen LogP contribution in [0.15, 0.2) is 24.3 Å². The predicted octanol–water partition coefficient (Wildman–Crippen LogP) is 4.23. The van der Waals surface area contributed by atoms with Crippen LogP contribution in [0.1, 0.15) is 38.7 Å². The van der Waals surface area contributed by atoms with Crippen LogP contribution < -0.4 is 5.32 Å². The molecule has 0 aliphatic heterocycles. The van der Waals surface area contributed by atoms with Crippen molar-refractivity contribution in [3.8, 4) is 0 Å². The second kappa shape index (κ2) is 4.90. The largest absolute Gasteiger partial charge is 0.382 e. The second-order valence-corrected chi connectivity index (χ2v) is 5.52. The number of rotatable bonds is 2. The van der Waals surface area contributed by atoms with E-state index in [2.05, 4.69) is 50.4 Å². The molecule has 1 N–H and O–H groups in total. The van der Waals surface area contributed by atoms with Crippen LogP contribution in [0, 0.1) is 18.8 Å². The van der Waals surface area contributed by atoms with E-state index in [0.29, 0.717) is 6.04 Å². The number of hydrogen-bond acceptors (Lipinski definition) is 1. The molecule has 0 bridgehead atoms. The van der Waals surface area contributed by atoms with E-state index in [4.69, 9.17) is 0 Å². The molecule has 1 aliphatic rings. The Bertz CT molecular complexity index is 345. The molecular weight excluding hydrogens is 194 g/mol. The Balaban J connectivity index is 2.02. The lowest BCUT2D eigenvalue weighted by Gasteiger charge is -2.34. The Kier molecular flexibility index (Phi) is 3.52. The smallest absolute Gasteiger partial charge is 0.0345 e. The first kappa shape index (κ1) is 11.5. The average Bonchev–Trinajstić information content (AvgIpc) is 2.24. The number of anilines is 1. The van der Waals surface area contributed by atoms with Crippen LogP contribution in [-0.4, -0.2) is 6.04 Å². The van der Waals surface area contributed by atoms with Crippen LogP contribution in [0.5, 0.6) is 0 Å². The van der Waals surface area contributed by atoms with Crippen molar-refractivity contribution in [2.45, 2.75) is 46.1 Å². The topological polar surface area (TPSA) is 12.0 Å². The first-order valence-corrected chi connectivity index (χ1v) is 6.48. The Hall–Kier alpha value is -0.980. The van der Waals surface area contributed by atoms with Gasteiger partial charge in [0.05, 0.1) is 0 Å². The zero-order valence-corrected chi connectivity index (χ0v) is 10.7. The molecule has 0 aromatic heterocycles. The van der Waals surface area contributed by atoms with Gasteiger partial charge in [0.1, 0.15) is 0 Å². The zero-order valence-electron chi connectivity index (χ0n) is 10.7. The molecule has 1 aliphatic carbocycles. The van der Waals surface area contributed by atoms with Gasteiger partial charge in [-0.15, -0.1) is 0 Å². The molecule has 88 valence electrons. The number of nitrogens with one attached hydrogen (secondary N) is 1. The van der Waals surface area contributed by atoms with Gasteiger partial charge in [0, 0.05) is 11.7 Å². The summed E-state index contributed by atoms with van der Waals surface area (Å²) in [5.41, 5.74) is 2.62. The molecule has 0 saturated heterocycles. The molecule has 3 atom stereocenters. The Morgan fingerprint density at radius 3 is 2.75 bits per heavy atom. The van der Waals surface area contributed by atoms with Gasteiger partial charge >= 0.3 is 0 Å². The van der Waals surface area contributed by atoms with Crippen LogP contribution in [0.3, 0.4) is 0 Å². The van der Waals surface area contributed by atoms with Crippen molar-refractivity contribution in [2.75, 3.05) is 5.32 Å². The standard InChI is InChI=1S/C15H23N/c1-11-5-4-6-14(9-11)16-15-10-12(2)7-8-13(15)3/h4-6,9,12-13,15-16H,7-8,10H2,1-3H3. The number of aryl methyl sites for hydroxylation is 1. The Morgan fingerprint density at radius 2 is 2.00 bits per heavy atom. The molecule has 1 saturated carbocycles. The lowest BCUT2D eigenvalue weighted by atomic mass is 9.80. The van der Waals surface area contributed by atoms with Crippen LogP contribution >= 0.6 is 0 Å². The Labute approximate surface area is 99.3 Å². The molecule has 1 aromatic rings. The summed E-state index contributed by atoms with van der Waals surface area (Å²) in [6.45, 7) is 6.90. The molecule has 16 heavy (non-hydrogen) atoms. The summed E-state index contributed by atoms with van der Waals surface area (Å²) in [6, 6.07) is 9.36. The van der Waals surface area contributed by atoms with Gasteiger partial charge in [0.15, 0.2) is 0 Å². The van der Waals surface area contributed by atoms with Gasteiger partial charge in [-0.05, 0) is 49.3 Å². The highest BCUT2D eigenvalue weighted by Crippen LogP contribution is 2.30. The third kappa shape index (κ3) is 2.78. The highest BCUT2D eigenvalue weighted by molar-refractivity contribution is 5.46. The van der Waals surface area contributed by atoms with E-state index in [9.17, 15) is 0 Å². The maximum atomic E-state index is 3.70. The van der Waals surface area contributed by atoms with Gasteiger partial charge in [-0.2, -0.15) is 0 Å². The summed E-state index contributed by atoms with van der Waals surface area (Å²) in [5.74, 6) is 1.68. The number of hydrogen-bond donors (Lipinski definition) is 1. The fraction of sp³-hybridized carbons (Fsp3) is 0.600. The second-order valence-electron chi connectivity index (χ2n) is 5.52. The highest BCUT2D eigenvalue weighted by Gasteiger charge is 2.25. The minimum atomic E-state index is 0.658. The van der Waals surface area contributed by atoms with E-state index in [1.807, 2.05) is 0 Å². The highest BCUT2D eigenvalue weighted by atomic mass is 14.9. The summed E-state index contributed by atoms with van der Waals surface area (Å²) >= 11 is 0.